The summed E-state index contributed by atoms with van der Waals surface area (Å²) < 4.78 is 5.11. The van der Waals surface area contributed by atoms with Gasteiger partial charge in [0.15, 0.2) is 0 Å². The maximum absolute atomic E-state index is 12.0. The Morgan fingerprint density at radius 3 is 2.62 bits per heavy atom. The largest absolute Gasteiger partial charge is 0.383 e. The molecule has 2 aliphatic heterocycles. The molecule has 0 aromatic carbocycles. The molecule has 1 amide bonds. The Balaban J connectivity index is 1.57. The first-order valence-corrected chi connectivity index (χ1v) is 8.37. The molecule has 0 saturated carbocycles. The summed E-state index contributed by atoms with van der Waals surface area (Å²) in [5.41, 5.74) is 0. The molecule has 122 valence electrons. The molecular weight excluding hydrogens is 266 g/mol. The van der Waals surface area contributed by atoms with E-state index in [2.05, 4.69) is 22.0 Å². The van der Waals surface area contributed by atoms with Crippen molar-refractivity contribution in [2.45, 2.75) is 26.2 Å². The molecular formula is C16H31N3O2. The Hall–Kier alpha value is -0.650. The fraction of sp³-hybridized carbons (Fsp3) is 0.938. The van der Waals surface area contributed by atoms with E-state index in [0.29, 0.717) is 12.5 Å². The molecule has 1 atom stereocenters. The molecule has 2 aliphatic rings. The molecule has 5 nitrogen and oxygen atoms in total. The van der Waals surface area contributed by atoms with Crippen molar-refractivity contribution in [3.05, 3.63) is 0 Å². The molecule has 2 heterocycles. The summed E-state index contributed by atoms with van der Waals surface area (Å²) in [6.07, 6.45) is 3.64. The molecule has 1 N–H and O–H groups in total. The molecule has 0 aliphatic carbocycles. The van der Waals surface area contributed by atoms with E-state index in [-0.39, 0.29) is 5.91 Å². The summed E-state index contributed by atoms with van der Waals surface area (Å²) in [7, 11) is 1.75. The second-order valence-corrected chi connectivity index (χ2v) is 6.71. The summed E-state index contributed by atoms with van der Waals surface area (Å²) in [5.74, 6) is 1.62. The van der Waals surface area contributed by atoms with E-state index in [1.165, 1.54) is 19.3 Å². The van der Waals surface area contributed by atoms with E-state index in [0.717, 1.165) is 51.8 Å². The zero-order valence-electron chi connectivity index (χ0n) is 13.6. The predicted molar refractivity (Wildman–Crippen MR) is 84.3 cm³/mol. The van der Waals surface area contributed by atoms with Crippen LogP contribution in [-0.2, 0) is 9.53 Å². The van der Waals surface area contributed by atoms with Crippen molar-refractivity contribution in [2.24, 2.45) is 11.8 Å². The topological polar surface area (TPSA) is 44.8 Å². The van der Waals surface area contributed by atoms with E-state index in [9.17, 15) is 4.79 Å². The molecule has 2 rings (SSSR count). The highest BCUT2D eigenvalue weighted by molar-refractivity contribution is 5.78. The number of ether oxygens (including phenoxy) is 1. The lowest BCUT2D eigenvalue weighted by Gasteiger charge is -2.29. The monoisotopic (exact) mass is 297 g/mol. The molecule has 2 saturated heterocycles. The minimum atomic E-state index is 0.194. The summed E-state index contributed by atoms with van der Waals surface area (Å²) in [6, 6.07) is 0. The van der Waals surface area contributed by atoms with Gasteiger partial charge in [0, 0.05) is 26.7 Å². The van der Waals surface area contributed by atoms with Crippen LogP contribution in [0, 0.1) is 11.8 Å². The van der Waals surface area contributed by atoms with Crippen molar-refractivity contribution in [1.29, 1.82) is 0 Å². The van der Waals surface area contributed by atoms with Gasteiger partial charge in [-0.1, -0.05) is 6.92 Å². The van der Waals surface area contributed by atoms with Crippen molar-refractivity contribution in [3.8, 4) is 0 Å². The van der Waals surface area contributed by atoms with Gasteiger partial charge in [-0.05, 0) is 50.7 Å². The second-order valence-electron chi connectivity index (χ2n) is 6.71. The number of carbonyl (C=O) groups excluding carboxylic acids is 1. The lowest BCUT2D eigenvalue weighted by atomic mass is 9.99. The molecule has 1 unspecified atom stereocenters. The average Bonchev–Trinajstić information content (AvgIpc) is 2.93. The first-order chi connectivity index (χ1) is 10.2. The van der Waals surface area contributed by atoms with Gasteiger partial charge in [-0.15, -0.1) is 0 Å². The van der Waals surface area contributed by atoms with Crippen LogP contribution in [0.3, 0.4) is 0 Å². The number of piperidine rings is 1. The van der Waals surface area contributed by atoms with Crippen molar-refractivity contribution in [2.75, 3.05) is 59.5 Å². The van der Waals surface area contributed by atoms with E-state index >= 15 is 0 Å². The minimum absolute atomic E-state index is 0.194. The number of rotatable bonds is 7. The Morgan fingerprint density at radius 1 is 1.19 bits per heavy atom. The van der Waals surface area contributed by atoms with Crippen LogP contribution in [-0.4, -0.2) is 75.2 Å². The number of methoxy groups -OCH3 is 1. The van der Waals surface area contributed by atoms with Gasteiger partial charge in [0.05, 0.1) is 13.2 Å². The SMILES string of the molecule is COCCN1CCC(CNC(=O)CN2CCC(C)CC2)C1. The maximum atomic E-state index is 12.0. The second kappa shape index (κ2) is 8.71. The standard InChI is InChI=1S/C16H31N3O2/c1-14-3-6-18(7-4-14)13-16(20)17-11-15-5-8-19(12-15)9-10-21-2/h14-15H,3-13H2,1-2H3,(H,17,20). The van der Waals surface area contributed by atoms with Crippen molar-refractivity contribution in [1.82, 2.24) is 15.1 Å². The first kappa shape index (κ1) is 16.7. The van der Waals surface area contributed by atoms with Crippen LogP contribution in [0.25, 0.3) is 0 Å². The third-order valence-electron chi connectivity index (χ3n) is 4.81. The van der Waals surface area contributed by atoms with Gasteiger partial charge in [0.1, 0.15) is 0 Å². The maximum Gasteiger partial charge on any atom is 0.234 e. The van der Waals surface area contributed by atoms with Gasteiger partial charge in [-0.25, -0.2) is 0 Å². The van der Waals surface area contributed by atoms with E-state index in [1.54, 1.807) is 7.11 Å². The van der Waals surface area contributed by atoms with Gasteiger partial charge >= 0.3 is 0 Å². The van der Waals surface area contributed by atoms with Gasteiger partial charge < -0.3 is 15.0 Å². The Labute approximate surface area is 129 Å². The number of hydrogen-bond donors (Lipinski definition) is 1. The first-order valence-electron chi connectivity index (χ1n) is 8.37. The fourth-order valence-corrected chi connectivity index (χ4v) is 3.24. The number of carbonyl (C=O) groups is 1. The van der Waals surface area contributed by atoms with Crippen LogP contribution in [0.1, 0.15) is 26.2 Å². The van der Waals surface area contributed by atoms with Crippen LogP contribution in [0.2, 0.25) is 0 Å². The normalized spacial score (nSPS) is 25.3. The van der Waals surface area contributed by atoms with Crippen molar-refractivity contribution < 1.29 is 9.53 Å². The van der Waals surface area contributed by atoms with Crippen LogP contribution >= 0.6 is 0 Å². The van der Waals surface area contributed by atoms with E-state index in [4.69, 9.17) is 4.74 Å². The van der Waals surface area contributed by atoms with Crippen LogP contribution in [0.5, 0.6) is 0 Å². The summed E-state index contributed by atoms with van der Waals surface area (Å²) in [4.78, 5) is 16.7. The molecule has 2 fully saturated rings. The zero-order valence-corrected chi connectivity index (χ0v) is 13.6. The minimum Gasteiger partial charge on any atom is -0.383 e. The van der Waals surface area contributed by atoms with Gasteiger partial charge in [0.2, 0.25) is 5.91 Å². The highest BCUT2D eigenvalue weighted by Gasteiger charge is 2.23. The van der Waals surface area contributed by atoms with Crippen LogP contribution in [0.15, 0.2) is 0 Å². The Morgan fingerprint density at radius 2 is 1.90 bits per heavy atom. The van der Waals surface area contributed by atoms with Crippen LogP contribution in [0.4, 0.5) is 0 Å². The highest BCUT2D eigenvalue weighted by atomic mass is 16.5. The third-order valence-corrected chi connectivity index (χ3v) is 4.81. The Bertz CT molecular complexity index is 317. The average molecular weight is 297 g/mol. The molecule has 0 spiro atoms. The smallest absolute Gasteiger partial charge is 0.234 e. The summed E-state index contributed by atoms with van der Waals surface area (Å²) in [5, 5.41) is 3.12. The molecule has 0 radical (unpaired) electrons. The molecule has 0 bridgehead atoms. The quantitative estimate of drug-likeness (QED) is 0.755. The molecule has 0 aromatic rings. The van der Waals surface area contributed by atoms with E-state index < -0.39 is 0 Å². The summed E-state index contributed by atoms with van der Waals surface area (Å²) in [6.45, 7) is 9.87. The van der Waals surface area contributed by atoms with Gasteiger partial charge in [-0.3, -0.25) is 9.69 Å². The highest BCUT2D eigenvalue weighted by Crippen LogP contribution is 2.16. The molecule has 5 heteroatoms. The Kier molecular flexibility index (Phi) is 6.93. The van der Waals surface area contributed by atoms with Crippen LogP contribution < -0.4 is 5.32 Å². The zero-order chi connectivity index (χ0) is 15.1. The molecule has 21 heavy (non-hydrogen) atoms. The number of amides is 1. The van der Waals surface area contributed by atoms with Gasteiger partial charge in [-0.2, -0.15) is 0 Å². The fourth-order valence-electron chi connectivity index (χ4n) is 3.24. The third kappa shape index (κ3) is 5.93. The predicted octanol–water partition coefficient (Wildman–Crippen LogP) is 0.803. The van der Waals surface area contributed by atoms with Crippen molar-refractivity contribution in [3.63, 3.8) is 0 Å². The number of likely N-dealkylation sites (tertiary alicyclic amines) is 2. The van der Waals surface area contributed by atoms with E-state index in [1.807, 2.05) is 0 Å². The number of hydrogen-bond acceptors (Lipinski definition) is 4. The number of nitrogens with one attached hydrogen (secondary N) is 1. The summed E-state index contributed by atoms with van der Waals surface area (Å²) >= 11 is 0. The molecule has 0 aromatic heterocycles. The van der Waals surface area contributed by atoms with Gasteiger partial charge in [0.25, 0.3) is 0 Å². The lowest BCUT2D eigenvalue weighted by Crippen LogP contribution is -2.42. The lowest BCUT2D eigenvalue weighted by molar-refractivity contribution is -0.122. The van der Waals surface area contributed by atoms with Crippen molar-refractivity contribution >= 4 is 5.91 Å². The number of nitrogens with zero attached hydrogens (tertiary/aromatic N) is 2.